The zero-order chi connectivity index (χ0) is 9.80. The van der Waals surface area contributed by atoms with Gasteiger partial charge in [-0.05, 0) is 25.1 Å². The van der Waals surface area contributed by atoms with Crippen LogP contribution in [0.2, 0.25) is 0 Å². The molecule has 1 aliphatic rings. The highest BCUT2D eigenvalue weighted by Crippen LogP contribution is 2.25. The van der Waals surface area contributed by atoms with Crippen molar-refractivity contribution in [2.24, 2.45) is 0 Å². The third-order valence-corrected chi connectivity index (χ3v) is 3.21. The summed E-state index contributed by atoms with van der Waals surface area (Å²) in [4.78, 5) is 0. The van der Waals surface area contributed by atoms with Gasteiger partial charge in [0.1, 0.15) is 0 Å². The maximum absolute atomic E-state index is 5.10. The Balaban J connectivity index is 2.08. The number of hydrogen-bond acceptors (Lipinski definition) is 3. The molecule has 5 heteroatoms. The van der Waals surface area contributed by atoms with Crippen molar-refractivity contribution >= 4 is 12.2 Å². The Hall–Kier alpha value is -0.710. The van der Waals surface area contributed by atoms with E-state index in [4.69, 9.17) is 12.2 Å². The average molecular weight is 212 g/mol. The van der Waals surface area contributed by atoms with Gasteiger partial charge in [0.2, 0.25) is 4.77 Å². The van der Waals surface area contributed by atoms with Crippen LogP contribution in [0.3, 0.4) is 0 Å². The summed E-state index contributed by atoms with van der Waals surface area (Å²) in [5, 5.41) is 10.4. The quantitative estimate of drug-likeness (QED) is 0.728. The average Bonchev–Trinajstić information content (AvgIpc) is 2.51. The first-order chi connectivity index (χ1) is 6.88. The van der Waals surface area contributed by atoms with Crippen molar-refractivity contribution in [3.05, 3.63) is 4.77 Å². The number of H-pyrrole nitrogens is 1. The van der Waals surface area contributed by atoms with E-state index in [1.165, 1.54) is 44.9 Å². The summed E-state index contributed by atoms with van der Waals surface area (Å²) in [5.41, 5.74) is 0. The maximum Gasteiger partial charge on any atom is 0.238 e. The predicted molar refractivity (Wildman–Crippen MR) is 56.6 cm³/mol. The Bertz CT molecular complexity index is 322. The minimum absolute atomic E-state index is 0.498. The molecule has 2 rings (SSSR count). The van der Waals surface area contributed by atoms with Crippen LogP contribution in [-0.2, 0) is 0 Å². The van der Waals surface area contributed by atoms with Gasteiger partial charge in [0.25, 0.3) is 0 Å². The van der Waals surface area contributed by atoms with Crippen molar-refractivity contribution in [1.29, 1.82) is 0 Å². The molecule has 4 nitrogen and oxygen atoms in total. The second kappa shape index (κ2) is 4.68. The normalized spacial score (nSPS) is 20.3. The van der Waals surface area contributed by atoms with E-state index < -0.39 is 0 Å². The van der Waals surface area contributed by atoms with Gasteiger partial charge >= 0.3 is 0 Å². The highest BCUT2D eigenvalue weighted by molar-refractivity contribution is 7.71. The van der Waals surface area contributed by atoms with Gasteiger partial charge in [0.15, 0.2) is 0 Å². The summed E-state index contributed by atoms with van der Waals surface area (Å²) in [6, 6.07) is 0.498. The molecule has 1 aromatic heterocycles. The van der Waals surface area contributed by atoms with E-state index in [-0.39, 0.29) is 0 Å². The van der Waals surface area contributed by atoms with Gasteiger partial charge in [0, 0.05) is 0 Å². The van der Waals surface area contributed by atoms with Crippen molar-refractivity contribution in [3.8, 4) is 0 Å². The Morgan fingerprint density at radius 2 is 1.79 bits per heavy atom. The minimum Gasteiger partial charge on any atom is -0.239 e. The minimum atomic E-state index is 0.498. The lowest BCUT2D eigenvalue weighted by molar-refractivity contribution is 0.339. The molecule has 0 radical (unpaired) electrons. The Labute approximate surface area is 88.7 Å². The van der Waals surface area contributed by atoms with E-state index in [0.717, 1.165) is 0 Å². The molecule has 0 amide bonds. The lowest BCUT2D eigenvalue weighted by Gasteiger charge is -2.19. The molecule has 0 atom stereocenters. The third-order valence-electron chi connectivity index (χ3n) is 2.93. The third kappa shape index (κ3) is 2.20. The van der Waals surface area contributed by atoms with Gasteiger partial charge in [-0.1, -0.05) is 42.4 Å². The fraction of sp³-hybridized carbons (Fsp3) is 0.889. The summed E-state index contributed by atoms with van der Waals surface area (Å²) in [7, 11) is 0. The SMILES string of the molecule is S=c1nn[nH]n1C1CCCCCCC1. The monoisotopic (exact) mass is 212 g/mol. The van der Waals surface area contributed by atoms with Gasteiger partial charge in [-0.15, -0.1) is 0 Å². The van der Waals surface area contributed by atoms with Crippen LogP contribution in [-0.4, -0.2) is 20.2 Å². The van der Waals surface area contributed by atoms with E-state index in [1.54, 1.807) is 0 Å². The molecule has 0 aliphatic heterocycles. The summed E-state index contributed by atoms with van der Waals surface area (Å²) in [5.74, 6) is 0. The molecule has 1 N–H and O–H groups in total. The number of nitrogens with zero attached hydrogens (tertiary/aromatic N) is 3. The van der Waals surface area contributed by atoms with Crippen molar-refractivity contribution in [2.45, 2.75) is 51.0 Å². The summed E-state index contributed by atoms with van der Waals surface area (Å²) < 4.78 is 2.54. The van der Waals surface area contributed by atoms with Crippen LogP contribution in [0.1, 0.15) is 51.0 Å². The number of rotatable bonds is 1. The first kappa shape index (κ1) is 9.83. The van der Waals surface area contributed by atoms with Gasteiger partial charge in [-0.3, -0.25) is 0 Å². The number of hydrogen-bond donors (Lipinski definition) is 1. The lowest BCUT2D eigenvalue weighted by Crippen LogP contribution is -2.12. The largest absolute Gasteiger partial charge is 0.239 e. The van der Waals surface area contributed by atoms with E-state index in [0.29, 0.717) is 10.8 Å². The van der Waals surface area contributed by atoms with E-state index >= 15 is 0 Å². The number of aromatic nitrogens is 4. The Kier molecular flexibility index (Phi) is 3.29. The van der Waals surface area contributed by atoms with Gasteiger partial charge in [0.05, 0.1) is 6.04 Å². The summed E-state index contributed by atoms with van der Waals surface area (Å²) in [6.07, 6.45) is 9.10. The van der Waals surface area contributed by atoms with Crippen molar-refractivity contribution < 1.29 is 0 Å². The zero-order valence-corrected chi connectivity index (χ0v) is 9.09. The smallest absolute Gasteiger partial charge is 0.238 e. The van der Waals surface area contributed by atoms with Gasteiger partial charge in [-0.25, -0.2) is 4.68 Å². The van der Waals surface area contributed by atoms with Gasteiger partial charge < -0.3 is 0 Å². The molecule has 1 aliphatic carbocycles. The summed E-state index contributed by atoms with van der Waals surface area (Å²) >= 11 is 5.10. The van der Waals surface area contributed by atoms with Crippen LogP contribution in [0.25, 0.3) is 0 Å². The zero-order valence-electron chi connectivity index (χ0n) is 8.28. The molecule has 1 heterocycles. The van der Waals surface area contributed by atoms with Crippen LogP contribution in [0, 0.1) is 4.77 Å². The molecule has 14 heavy (non-hydrogen) atoms. The standard InChI is InChI=1S/C9H16N4S/c14-9-10-11-12-13(9)8-6-4-2-1-3-5-7-8/h8H,1-7H2,(H,10,12,14). The van der Waals surface area contributed by atoms with Gasteiger partial charge in [-0.2, -0.15) is 5.21 Å². The highest BCUT2D eigenvalue weighted by atomic mass is 32.1. The van der Waals surface area contributed by atoms with E-state index in [2.05, 4.69) is 15.5 Å². The van der Waals surface area contributed by atoms with Crippen molar-refractivity contribution in [3.63, 3.8) is 0 Å². The Morgan fingerprint density at radius 3 is 2.36 bits per heavy atom. The first-order valence-corrected chi connectivity index (χ1v) is 5.78. The molecule has 0 bridgehead atoms. The van der Waals surface area contributed by atoms with Crippen LogP contribution < -0.4 is 0 Å². The molecule has 0 saturated heterocycles. The van der Waals surface area contributed by atoms with Crippen LogP contribution in [0.15, 0.2) is 0 Å². The molecule has 1 saturated carbocycles. The fourth-order valence-corrected chi connectivity index (χ4v) is 2.37. The molecule has 0 aromatic carbocycles. The molecular formula is C9H16N4S. The lowest BCUT2D eigenvalue weighted by atomic mass is 9.97. The number of nitrogens with one attached hydrogen (secondary N) is 1. The van der Waals surface area contributed by atoms with Crippen LogP contribution in [0.4, 0.5) is 0 Å². The van der Waals surface area contributed by atoms with E-state index in [1.807, 2.05) is 4.68 Å². The summed E-state index contributed by atoms with van der Waals surface area (Å²) in [6.45, 7) is 0. The van der Waals surface area contributed by atoms with Crippen LogP contribution in [0.5, 0.6) is 0 Å². The number of tetrazole rings is 1. The fourth-order valence-electron chi connectivity index (χ4n) is 2.13. The van der Waals surface area contributed by atoms with Crippen molar-refractivity contribution in [1.82, 2.24) is 20.2 Å². The molecule has 1 fully saturated rings. The predicted octanol–water partition coefficient (Wildman–Crippen LogP) is 2.62. The second-order valence-electron chi connectivity index (χ2n) is 3.95. The second-order valence-corrected chi connectivity index (χ2v) is 4.32. The molecular weight excluding hydrogens is 196 g/mol. The maximum atomic E-state index is 5.10. The molecule has 1 aromatic rings. The molecule has 0 unspecified atom stereocenters. The Morgan fingerprint density at radius 1 is 1.14 bits per heavy atom. The molecule has 78 valence electrons. The highest BCUT2D eigenvalue weighted by Gasteiger charge is 2.14. The topological polar surface area (TPSA) is 46.5 Å². The van der Waals surface area contributed by atoms with E-state index in [9.17, 15) is 0 Å². The molecule has 0 spiro atoms. The first-order valence-electron chi connectivity index (χ1n) is 5.37. The number of aromatic amines is 1. The van der Waals surface area contributed by atoms with Crippen molar-refractivity contribution in [2.75, 3.05) is 0 Å². The van der Waals surface area contributed by atoms with Crippen LogP contribution >= 0.6 is 12.2 Å².